The summed E-state index contributed by atoms with van der Waals surface area (Å²) >= 11 is 3.44. The number of ether oxygens (including phenoxy) is 1. The fourth-order valence-corrected chi connectivity index (χ4v) is 2.18. The highest BCUT2D eigenvalue weighted by atomic mass is 79.9. The zero-order valence-corrected chi connectivity index (χ0v) is 12.8. The van der Waals surface area contributed by atoms with E-state index in [2.05, 4.69) is 26.0 Å². The van der Waals surface area contributed by atoms with Crippen LogP contribution in [0.15, 0.2) is 46.9 Å². The molecular formula is C15H13BrF3NO. The van der Waals surface area contributed by atoms with Gasteiger partial charge in [0.2, 0.25) is 0 Å². The molecule has 2 nitrogen and oxygen atoms in total. The summed E-state index contributed by atoms with van der Waals surface area (Å²) < 4.78 is 41.4. The molecule has 0 aliphatic rings. The molecule has 0 saturated carbocycles. The standard InChI is InChI=1S/C15H13BrF3NO/c1-10-5-6-11(7-14(10)16)9-20-12-3-2-4-13(8-12)21-15(17,18)19/h2-8,20H,9H2,1H3. The molecule has 21 heavy (non-hydrogen) atoms. The zero-order chi connectivity index (χ0) is 15.5. The van der Waals surface area contributed by atoms with Crippen molar-refractivity contribution in [2.45, 2.75) is 19.8 Å². The van der Waals surface area contributed by atoms with E-state index in [0.717, 1.165) is 15.6 Å². The van der Waals surface area contributed by atoms with Gasteiger partial charge in [-0.25, -0.2) is 0 Å². The van der Waals surface area contributed by atoms with Crippen LogP contribution in [0, 0.1) is 6.92 Å². The number of aryl methyl sites for hydroxylation is 1. The molecule has 0 bridgehead atoms. The van der Waals surface area contributed by atoms with Crippen molar-refractivity contribution in [3.63, 3.8) is 0 Å². The predicted molar refractivity (Wildman–Crippen MR) is 79.3 cm³/mol. The van der Waals surface area contributed by atoms with Crippen molar-refractivity contribution in [1.82, 2.24) is 0 Å². The highest BCUT2D eigenvalue weighted by Gasteiger charge is 2.31. The number of nitrogens with one attached hydrogen (secondary N) is 1. The third-order valence-electron chi connectivity index (χ3n) is 2.80. The Labute approximate surface area is 129 Å². The normalized spacial score (nSPS) is 11.3. The predicted octanol–water partition coefficient (Wildman–Crippen LogP) is 5.27. The summed E-state index contributed by atoms with van der Waals surface area (Å²) in [4.78, 5) is 0. The quantitative estimate of drug-likeness (QED) is 0.802. The summed E-state index contributed by atoms with van der Waals surface area (Å²) in [7, 11) is 0. The molecule has 6 heteroatoms. The van der Waals surface area contributed by atoms with E-state index in [1.54, 1.807) is 6.07 Å². The summed E-state index contributed by atoms with van der Waals surface area (Å²) in [5.74, 6) is -0.238. The van der Waals surface area contributed by atoms with Crippen LogP contribution in [0.4, 0.5) is 18.9 Å². The molecule has 112 valence electrons. The van der Waals surface area contributed by atoms with Gasteiger partial charge in [-0.2, -0.15) is 0 Å². The minimum absolute atomic E-state index is 0.238. The number of alkyl halides is 3. The second-order valence-electron chi connectivity index (χ2n) is 4.51. The van der Waals surface area contributed by atoms with E-state index in [-0.39, 0.29) is 5.75 Å². The largest absolute Gasteiger partial charge is 0.573 e. The molecule has 2 aromatic carbocycles. The van der Waals surface area contributed by atoms with E-state index in [1.165, 1.54) is 18.2 Å². The van der Waals surface area contributed by atoms with Crippen LogP contribution in [0.2, 0.25) is 0 Å². The van der Waals surface area contributed by atoms with Crippen molar-refractivity contribution in [2.75, 3.05) is 5.32 Å². The van der Waals surface area contributed by atoms with Gasteiger partial charge in [-0.1, -0.05) is 34.1 Å². The molecule has 0 unspecified atom stereocenters. The first kappa shape index (κ1) is 15.7. The Morgan fingerprint density at radius 2 is 1.90 bits per heavy atom. The van der Waals surface area contributed by atoms with E-state index < -0.39 is 6.36 Å². The Hall–Kier alpha value is -1.69. The van der Waals surface area contributed by atoms with E-state index in [9.17, 15) is 13.2 Å². The zero-order valence-electron chi connectivity index (χ0n) is 11.2. The van der Waals surface area contributed by atoms with Crippen molar-refractivity contribution in [3.8, 4) is 5.75 Å². The lowest BCUT2D eigenvalue weighted by Crippen LogP contribution is -2.17. The lowest BCUT2D eigenvalue weighted by molar-refractivity contribution is -0.274. The number of benzene rings is 2. The fourth-order valence-electron chi connectivity index (χ4n) is 1.75. The SMILES string of the molecule is Cc1ccc(CNc2cccc(OC(F)(F)F)c2)cc1Br. The highest BCUT2D eigenvalue weighted by Crippen LogP contribution is 2.25. The maximum Gasteiger partial charge on any atom is 0.573 e. The molecule has 2 aromatic rings. The van der Waals surface area contributed by atoms with Crippen LogP contribution < -0.4 is 10.1 Å². The second-order valence-corrected chi connectivity index (χ2v) is 5.37. The molecule has 0 aliphatic heterocycles. The molecule has 0 aromatic heterocycles. The van der Waals surface area contributed by atoms with E-state index in [0.29, 0.717) is 12.2 Å². The van der Waals surface area contributed by atoms with Crippen LogP contribution >= 0.6 is 15.9 Å². The summed E-state index contributed by atoms with van der Waals surface area (Å²) in [5, 5.41) is 3.07. The van der Waals surface area contributed by atoms with Crippen LogP contribution in [-0.4, -0.2) is 6.36 Å². The van der Waals surface area contributed by atoms with Gasteiger partial charge in [0.25, 0.3) is 0 Å². The first-order chi connectivity index (χ1) is 9.83. The van der Waals surface area contributed by atoms with Gasteiger partial charge in [0, 0.05) is 22.8 Å². The maximum atomic E-state index is 12.2. The minimum atomic E-state index is -4.68. The average molecular weight is 360 g/mol. The van der Waals surface area contributed by atoms with Gasteiger partial charge in [-0.05, 0) is 36.2 Å². The van der Waals surface area contributed by atoms with Gasteiger partial charge in [0.15, 0.2) is 0 Å². The van der Waals surface area contributed by atoms with Crippen molar-refractivity contribution in [3.05, 3.63) is 58.1 Å². The second kappa shape index (κ2) is 6.39. The van der Waals surface area contributed by atoms with Gasteiger partial charge < -0.3 is 10.1 Å². The molecule has 1 N–H and O–H groups in total. The van der Waals surface area contributed by atoms with Crippen LogP contribution in [0.1, 0.15) is 11.1 Å². The van der Waals surface area contributed by atoms with Gasteiger partial charge in [-0.15, -0.1) is 13.2 Å². The van der Waals surface area contributed by atoms with Crippen LogP contribution in [-0.2, 0) is 6.54 Å². The Balaban J connectivity index is 2.03. The van der Waals surface area contributed by atoms with Crippen LogP contribution in [0.3, 0.4) is 0 Å². The molecular weight excluding hydrogens is 347 g/mol. The van der Waals surface area contributed by atoms with E-state index in [4.69, 9.17) is 0 Å². The molecule has 0 spiro atoms. The Bertz CT molecular complexity index is 629. The first-order valence-electron chi connectivity index (χ1n) is 6.18. The van der Waals surface area contributed by atoms with Crippen molar-refractivity contribution < 1.29 is 17.9 Å². The number of rotatable bonds is 4. The van der Waals surface area contributed by atoms with Gasteiger partial charge >= 0.3 is 6.36 Å². The van der Waals surface area contributed by atoms with Crippen molar-refractivity contribution in [2.24, 2.45) is 0 Å². The molecule has 0 radical (unpaired) electrons. The molecule has 0 fully saturated rings. The fraction of sp³-hybridized carbons (Fsp3) is 0.200. The maximum absolute atomic E-state index is 12.2. The Kier molecular flexibility index (Phi) is 4.77. The number of anilines is 1. The monoisotopic (exact) mass is 359 g/mol. The third-order valence-corrected chi connectivity index (χ3v) is 3.65. The average Bonchev–Trinajstić information content (AvgIpc) is 2.39. The highest BCUT2D eigenvalue weighted by molar-refractivity contribution is 9.10. The smallest absolute Gasteiger partial charge is 0.406 e. The molecule has 0 amide bonds. The summed E-state index contributed by atoms with van der Waals surface area (Å²) in [5.41, 5.74) is 2.71. The molecule has 0 aliphatic carbocycles. The first-order valence-corrected chi connectivity index (χ1v) is 6.97. The molecule has 0 saturated heterocycles. The number of hydrogen-bond donors (Lipinski definition) is 1. The summed E-state index contributed by atoms with van der Waals surface area (Å²) in [6, 6.07) is 11.7. The Morgan fingerprint density at radius 1 is 1.14 bits per heavy atom. The molecule has 2 rings (SSSR count). The van der Waals surface area contributed by atoms with E-state index in [1.807, 2.05) is 25.1 Å². The van der Waals surface area contributed by atoms with Crippen molar-refractivity contribution >= 4 is 21.6 Å². The number of hydrogen-bond acceptors (Lipinski definition) is 2. The van der Waals surface area contributed by atoms with Crippen LogP contribution in [0.5, 0.6) is 5.75 Å². The van der Waals surface area contributed by atoms with Gasteiger partial charge in [0.1, 0.15) is 5.75 Å². The lowest BCUT2D eigenvalue weighted by atomic mass is 10.1. The van der Waals surface area contributed by atoms with Crippen LogP contribution in [0.25, 0.3) is 0 Å². The topological polar surface area (TPSA) is 21.3 Å². The minimum Gasteiger partial charge on any atom is -0.406 e. The Morgan fingerprint density at radius 3 is 2.57 bits per heavy atom. The van der Waals surface area contributed by atoms with E-state index >= 15 is 0 Å². The van der Waals surface area contributed by atoms with Crippen molar-refractivity contribution in [1.29, 1.82) is 0 Å². The van der Waals surface area contributed by atoms with Gasteiger partial charge in [0.05, 0.1) is 0 Å². The summed E-state index contributed by atoms with van der Waals surface area (Å²) in [6.07, 6.45) is -4.68. The molecule has 0 heterocycles. The number of halogens is 4. The summed E-state index contributed by atoms with van der Waals surface area (Å²) in [6.45, 7) is 2.49. The molecule has 0 atom stereocenters. The lowest BCUT2D eigenvalue weighted by Gasteiger charge is -2.11. The van der Waals surface area contributed by atoms with Gasteiger partial charge in [-0.3, -0.25) is 0 Å². The third kappa shape index (κ3) is 4.97.